The monoisotopic (exact) mass is 378 g/mol. The fraction of sp³-hybridized carbons (Fsp3) is 1.00. The van der Waals surface area contributed by atoms with Crippen LogP contribution in [0.15, 0.2) is 0 Å². The second-order valence-electron chi connectivity index (χ2n) is 6.34. The minimum atomic E-state index is 0.0481. The molecule has 0 aliphatic carbocycles. The molecule has 0 aromatic heterocycles. The molecule has 1 N–H and O–H groups in total. The highest BCUT2D eigenvalue weighted by atomic mass is 16.6. The van der Waals surface area contributed by atoms with E-state index in [4.69, 9.17) is 28.8 Å². The van der Waals surface area contributed by atoms with Crippen LogP contribution in [0.5, 0.6) is 0 Å². The quantitative estimate of drug-likeness (QED) is 0.292. The summed E-state index contributed by atoms with van der Waals surface area (Å²) in [5, 5.41) is 8.53. The molecule has 0 aliphatic heterocycles. The molecular weight excluding hydrogens is 336 g/mol. The summed E-state index contributed by atoms with van der Waals surface area (Å²) >= 11 is 0. The van der Waals surface area contributed by atoms with E-state index in [0.717, 1.165) is 18.9 Å². The van der Waals surface area contributed by atoms with Gasteiger partial charge in [0.25, 0.3) is 0 Å². The summed E-state index contributed by atoms with van der Waals surface area (Å²) in [5.74, 6) is 0.865. The zero-order valence-electron chi connectivity index (χ0n) is 17.1. The van der Waals surface area contributed by atoms with Gasteiger partial charge in [-0.1, -0.05) is 39.5 Å². The molecule has 0 aromatic carbocycles. The average molecular weight is 379 g/mol. The topological polar surface area (TPSA) is 66.4 Å². The Kier molecular flexibility index (Phi) is 22.6. The Labute approximate surface area is 160 Å². The summed E-state index contributed by atoms with van der Waals surface area (Å²) in [4.78, 5) is 0. The summed E-state index contributed by atoms with van der Waals surface area (Å²) in [6.07, 6.45) is 7.71. The van der Waals surface area contributed by atoms with Crippen molar-refractivity contribution in [1.82, 2.24) is 0 Å². The molecule has 0 radical (unpaired) electrons. The van der Waals surface area contributed by atoms with Crippen molar-refractivity contribution in [3.63, 3.8) is 0 Å². The third kappa shape index (κ3) is 20.1. The number of hydrogen-bond acceptors (Lipinski definition) is 6. The maximum atomic E-state index is 8.53. The number of aliphatic hydroxyl groups is 1. The SMILES string of the molecule is CCCCC(CC)CCCOCCOCCOCCOCCOCCO. The van der Waals surface area contributed by atoms with Crippen LogP contribution in [0.4, 0.5) is 0 Å². The fourth-order valence-corrected chi connectivity index (χ4v) is 2.57. The zero-order valence-corrected chi connectivity index (χ0v) is 17.1. The molecule has 1 unspecified atom stereocenters. The van der Waals surface area contributed by atoms with Crippen LogP contribution in [0.3, 0.4) is 0 Å². The van der Waals surface area contributed by atoms with Crippen molar-refractivity contribution in [2.24, 2.45) is 5.92 Å². The van der Waals surface area contributed by atoms with Crippen LogP contribution in [0, 0.1) is 5.92 Å². The third-order valence-electron chi connectivity index (χ3n) is 4.17. The highest BCUT2D eigenvalue weighted by Gasteiger charge is 2.05. The summed E-state index contributed by atoms with van der Waals surface area (Å²) in [7, 11) is 0. The zero-order chi connectivity index (χ0) is 19.1. The Morgan fingerprint density at radius 3 is 1.42 bits per heavy atom. The Morgan fingerprint density at radius 1 is 0.577 bits per heavy atom. The minimum absolute atomic E-state index is 0.0481. The van der Waals surface area contributed by atoms with Gasteiger partial charge in [0, 0.05) is 6.61 Å². The molecule has 6 nitrogen and oxygen atoms in total. The summed E-state index contributed by atoms with van der Waals surface area (Å²) in [5.41, 5.74) is 0. The lowest BCUT2D eigenvalue weighted by molar-refractivity contribution is -0.0135. The molecule has 6 heteroatoms. The molecule has 0 fully saturated rings. The smallest absolute Gasteiger partial charge is 0.0701 e. The number of ether oxygens (including phenoxy) is 5. The van der Waals surface area contributed by atoms with Crippen LogP contribution in [0.2, 0.25) is 0 Å². The molecule has 0 amide bonds. The van der Waals surface area contributed by atoms with Gasteiger partial charge in [0.05, 0.1) is 66.1 Å². The van der Waals surface area contributed by atoms with Gasteiger partial charge in [-0.2, -0.15) is 0 Å². The second kappa shape index (κ2) is 22.8. The first-order valence-electron chi connectivity index (χ1n) is 10.3. The molecule has 0 bridgehead atoms. The van der Waals surface area contributed by atoms with Gasteiger partial charge >= 0.3 is 0 Å². The maximum absolute atomic E-state index is 8.53. The molecule has 0 rings (SSSR count). The molecule has 0 aliphatic rings. The Bertz CT molecular complexity index is 252. The Balaban J connectivity index is 3.11. The molecule has 0 spiro atoms. The predicted molar refractivity (Wildman–Crippen MR) is 104 cm³/mol. The predicted octanol–water partition coefficient (Wildman–Crippen LogP) is 3.06. The lowest BCUT2D eigenvalue weighted by Crippen LogP contribution is -2.13. The first-order chi connectivity index (χ1) is 12.8. The molecule has 0 aromatic rings. The fourth-order valence-electron chi connectivity index (χ4n) is 2.57. The van der Waals surface area contributed by atoms with Crippen molar-refractivity contribution >= 4 is 0 Å². The lowest BCUT2D eigenvalue weighted by Gasteiger charge is -2.14. The normalized spacial score (nSPS) is 12.6. The number of unbranched alkanes of at least 4 members (excludes halogenated alkanes) is 1. The van der Waals surface area contributed by atoms with Gasteiger partial charge in [0.2, 0.25) is 0 Å². The molecule has 0 saturated heterocycles. The van der Waals surface area contributed by atoms with Gasteiger partial charge in [-0.25, -0.2) is 0 Å². The Hall–Kier alpha value is -0.240. The van der Waals surface area contributed by atoms with E-state index >= 15 is 0 Å². The van der Waals surface area contributed by atoms with E-state index in [2.05, 4.69) is 13.8 Å². The summed E-state index contributed by atoms with van der Waals surface area (Å²) in [6, 6.07) is 0. The van der Waals surface area contributed by atoms with Crippen molar-refractivity contribution in [2.75, 3.05) is 72.7 Å². The molecule has 158 valence electrons. The van der Waals surface area contributed by atoms with E-state index in [9.17, 15) is 0 Å². The largest absolute Gasteiger partial charge is 0.394 e. The van der Waals surface area contributed by atoms with E-state index < -0.39 is 0 Å². The lowest BCUT2D eigenvalue weighted by atomic mass is 9.94. The van der Waals surface area contributed by atoms with E-state index in [0.29, 0.717) is 59.5 Å². The average Bonchev–Trinajstić information content (AvgIpc) is 2.66. The minimum Gasteiger partial charge on any atom is -0.394 e. The third-order valence-corrected chi connectivity index (χ3v) is 4.17. The van der Waals surface area contributed by atoms with Crippen LogP contribution >= 0.6 is 0 Å². The highest BCUT2D eigenvalue weighted by molar-refractivity contribution is 4.57. The first kappa shape index (κ1) is 25.8. The van der Waals surface area contributed by atoms with Crippen molar-refractivity contribution in [1.29, 1.82) is 0 Å². The molecule has 26 heavy (non-hydrogen) atoms. The number of aliphatic hydroxyl groups excluding tert-OH is 1. The van der Waals surface area contributed by atoms with Gasteiger partial charge in [-0.05, 0) is 18.8 Å². The molecule has 0 saturated carbocycles. The van der Waals surface area contributed by atoms with Gasteiger partial charge in [0.15, 0.2) is 0 Å². The van der Waals surface area contributed by atoms with E-state index in [1.807, 2.05) is 0 Å². The first-order valence-corrected chi connectivity index (χ1v) is 10.3. The van der Waals surface area contributed by atoms with Crippen LogP contribution in [-0.4, -0.2) is 77.8 Å². The maximum Gasteiger partial charge on any atom is 0.0701 e. The van der Waals surface area contributed by atoms with Crippen molar-refractivity contribution in [3.8, 4) is 0 Å². The van der Waals surface area contributed by atoms with E-state index in [1.165, 1.54) is 32.1 Å². The molecular formula is C20H42O6. The standard InChI is InChI=1S/C20H42O6/c1-3-5-7-20(4-2)8-6-10-22-12-14-24-16-18-26-19-17-25-15-13-23-11-9-21/h20-21H,3-19H2,1-2H3. The van der Waals surface area contributed by atoms with E-state index in [1.54, 1.807) is 0 Å². The van der Waals surface area contributed by atoms with Crippen molar-refractivity contribution < 1.29 is 28.8 Å². The summed E-state index contributed by atoms with van der Waals surface area (Å²) in [6.45, 7) is 10.3. The van der Waals surface area contributed by atoms with Crippen LogP contribution in [0.1, 0.15) is 52.4 Å². The molecule has 0 heterocycles. The number of hydrogen-bond donors (Lipinski definition) is 1. The van der Waals surface area contributed by atoms with Crippen LogP contribution in [-0.2, 0) is 23.7 Å². The highest BCUT2D eigenvalue weighted by Crippen LogP contribution is 2.18. The van der Waals surface area contributed by atoms with Crippen LogP contribution < -0.4 is 0 Å². The Morgan fingerprint density at radius 2 is 1.00 bits per heavy atom. The molecule has 1 atom stereocenters. The van der Waals surface area contributed by atoms with E-state index in [-0.39, 0.29) is 6.61 Å². The van der Waals surface area contributed by atoms with Crippen molar-refractivity contribution in [3.05, 3.63) is 0 Å². The second-order valence-corrected chi connectivity index (χ2v) is 6.34. The number of rotatable bonds is 22. The van der Waals surface area contributed by atoms with Crippen LogP contribution in [0.25, 0.3) is 0 Å². The summed E-state index contributed by atoms with van der Waals surface area (Å²) < 4.78 is 26.9. The van der Waals surface area contributed by atoms with Gasteiger partial charge < -0.3 is 28.8 Å². The van der Waals surface area contributed by atoms with Gasteiger partial charge in [0.1, 0.15) is 0 Å². The van der Waals surface area contributed by atoms with Gasteiger partial charge in [-0.3, -0.25) is 0 Å². The van der Waals surface area contributed by atoms with Gasteiger partial charge in [-0.15, -0.1) is 0 Å². The van der Waals surface area contributed by atoms with Crippen molar-refractivity contribution in [2.45, 2.75) is 52.4 Å².